The van der Waals surface area contributed by atoms with Crippen molar-refractivity contribution in [2.24, 2.45) is 34.1 Å². The van der Waals surface area contributed by atoms with Crippen LogP contribution in [0.5, 0.6) is 0 Å². The van der Waals surface area contributed by atoms with Gasteiger partial charge in [-0.15, -0.1) is 24.9 Å². The van der Waals surface area contributed by atoms with E-state index in [1.165, 1.54) is 63.7 Å². The maximum atomic E-state index is 13.3. The maximum Gasteiger partial charge on any atom is 0.522 e. The highest BCUT2D eigenvalue weighted by Gasteiger charge is 2.49. The van der Waals surface area contributed by atoms with Gasteiger partial charge in [-0.25, -0.2) is 16.3 Å². The number of halogens is 3. The van der Waals surface area contributed by atoms with Crippen LogP contribution in [0.1, 0.15) is 130 Å². The second-order valence-electron chi connectivity index (χ2n) is 20.3. The Hall–Kier alpha value is -1.59. The standard InChI is InChI=1S/C45H75F3N10O3S/c1-5-50-56-41-28(3)51-40(39-27(2)29(4)62-43(39)53-41)30-6-11-33(12-7-30)57-21-18-44(19-22-57)20-23-58(26-44)38-17-16-36(54-55-38)42(59)52-32-9-14-34(15-10-32)60-35-13-8-31(25-49)37(24-35)61-45(46,47)48/h27-39,41,43,50,53-56H,5-24,26H2,1-4H3,(H,52,59)/t27?,28-,29?,30?,31?,32?,33?,34?,35?,36?,37?,38?,39?,41?,43?/m0/s1. The van der Waals surface area contributed by atoms with Gasteiger partial charge in [0.05, 0.1) is 54.0 Å². The van der Waals surface area contributed by atoms with Crippen LogP contribution in [0.4, 0.5) is 13.2 Å². The molecule has 7 fully saturated rings. The summed E-state index contributed by atoms with van der Waals surface area (Å²) in [4.78, 5) is 24.3. The van der Waals surface area contributed by atoms with Crippen molar-refractivity contribution in [3.63, 3.8) is 0 Å². The molecule has 13 nitrogen and oxygen atoms in total. The number of carbonyl (C=O) groups is 1. The van der Waals surface area contributed by atoms with Crippen LogP contribution in [0.3, 0.4) is 0 Å². The van der Waals surface area contributed by atoms with Gasteiger partial charge in [-0.3, -0.25) is 30.2 Å². The molecule has 3 aliphatic carbocycles. The van der Waals surface area contributed by atoms with Gasteiger partial charge in [0.2, 0.25) is 5.91 Å². The predicted octanol–water partition coefficient (Wildman–Crippen LogP) is 5.54. The second-order valence-corrected chi connectivity index (χ2v) is 21.9. The van der Waals surface area contributed by atoms with Crippen LogP contribution in [0, 0.1) is 40.4 Å². The highest BCUT2D eigenvalue weighted by molar-refractivity contribution is 8.00. The molecule has 5 aliphatic heterocycles. The topological polar surface area (TPSA) is 150 Å². The zero-order valence-electron chi connectivity index (χ0n) is 37.6. The third-order valence-electron chi connectivity index (χ3n) is 16.4. The number of carbonyl (C=O) groups excluding carboxylic acids is 1. The van der Waals surface area contributed by atoms with E-state index in [1.807, 2.05) is 6.07 Å². The molecule has 0 aromatic heterocycles. The molecule has 17 heteroatoms. The van der Waals surface area contributed by atoms with Gasteiger partial charge in [0.1, 0.15) is 6.04 Å². The van der Waals surface area contributed by atoms with Gasteiger partial charge in [0.15, 0.2) is 0 Å². The summed E-state index contributed by atoms with van der Waals surface area (Å²) in [6.45, 7) is 14.7. The van der Waals surface area contributed by atoms with Gasteiger partial charge in [0, 0.05) is 55.0 Å². The van der Waals surface area contributed by atoms with Gasteiger partial charge in [-0.05, 0) is 134 Å². The number of nitrogens with zero attached hydrogens (tertiary/aromatic N) is 4. The Kier molecular flexibility index (Phi) is 15.5. The van der Waals surface area contributed by atoms with Crippen LogP contribution in [0.15, 0.2) is 4.99 Å². The van der Waals surface area contributed by atoms with Gasteiger partial charge < -0.3 is 15.0 Å². The number of amides is 1. The fourth-order valence-corrected chi connectivity index (χ4v) is 14.2. The van der Waals surface area contributed by atoms with Crippen LogP contribution in [0.2, 0.25) is 0 Å². The monoisotopic (exact) mass is 893 g/mol. The SMILES string of the molecule is CCNNC1NC2SC(C)C(C)C2C(C2CCC(N3CCC4(CC3)CCN(C3CCC(C(=O)NC5CCC(OC6CCC(C#N)C(OC(F)(F)F)C6)CC5)NN3)C4)CC2)=N[C@H]1C. The Balaban J connectivity index is 0.729. The number of piperidine rings is 1. The molecule has 1 amide bonds. The lowest BCUT2D eigenvalue weighted by Crippen LogP contribution is -2.62. The van der Waals surface area contributed by atoms with Gasteiger partial charge in [-0.2, -0.15) is 5.26 Å². The summed E-state index contributed by atoms with van der Waals surface area (Å²) in [5.74, 6) is 0.963. The van der Waals surface area contributed by atoms with Gasteiger partial charge in [-0.1, -0.05) is 20.8 Å². The van der Waals surface area contributed by atoms with Gasteiger partial charge >= 0.3 is 6.36 Å². The summed E-state index contributed by atoms with van der Waals surface area (Å²) < 4.78 is 49.3. The van der Waals surface area contributed by atoms with E-state index >= 15 is 0 Å². The molecular weight excluding hydrogens is 818 g/mol. The Bertz CT molecular complexity index is 1560. The van der Waals surface area contributed by atoms with E-state index in [0.717, 1.165) is 58.2 Å². The lowest BCUT2D eigenvalue weighted by atomic mass is 9.73. The Morgan fingerprint density at radius 3 is 2.31 bits per heavy atom. The van der Waals surface area contributed by atoms with Crippen LogP contribution >= 0.6 is 11.8 Å². The molecule has 5 heterocycles. The Morgan fingerprint density at radius 2 is 1.65 bits per heavy atom. The number of thioether (sulfide) groups is 1. The molecule has 0 aromatic rings. The van der Waals surface area contributed by atoms with E-state index in [9.17, 15) is 23.2 Å². The molecule has 4 saturated heterocycles. The zero-order chi connectivity index (χ0) is 43.6. The normalized spacial score (nSPS) is 42.2. The lowest BCUT2D eigenvalue weighted by molar-refractivity contribution is -0.351. The van der Waals surface area contributed by atoms with Crippen molar-refractivity contribution >= 4 is 23.4 Å². The number of aliphatic imine (C=N–C) groups is 1. The molecule has 8 aliphatic rings. The number of likely N-dealkylation sites (tertiary alicyclic amines) is 2. The Morgan fingerprint density at radius 1 is 0.935 bits per heavy atom. The highest BCUT2D eigenvalue weighted by atomic mass is 32.2. The number of ether oxygens (including phenoxy) is 2. The Labute approximate surface area is 372 Å². The molecule has 8 rings (SSSR count). The van der Waals surface area contributed by atoms with Crippen molar-refractivity contribution in [3.8, 4) is 6.07 Å². The first-order chi connectivity index (χ1) is 29.8. The molecule has 62 heavy (non-hydrogen) atoms. The molecule has 6 N–H and O–H groups in total. The van der Waals surface area contributed by atoms with Crippen LogP contribution in [-0.2, 0) is 14.3 Å². The molecular formula is C45H75F3N10O3S. The first kappa shape index (κ1) is 46.9. The number of hydrazine groups is 2. The summed E-state index contributed by atoms with van der Waals surface area (Å²) in [6.07, 6.45) is 8.51. The van der Waals surface area contributed by atoms with E-state index in [-0.39, 0.29) is 55.0 Å². The molecule has 0 bridgehead atoms. The average Bonchev–Trinajstić information content (AvgIpc) is 3.76. The minimum atomic E-state index is -4.77. The van der Waals surface area contributed by atoms with E-state index in [0.29, 0.717) is 52.7 Å². The van der Waals surface area contributed by atoms with E-state index in [2.05, 4.69) is 86.3 Å². The smallest absolute Gasteiger partial charge is 0.375 e. The summed E-state index contributed by atoms with van der Waals surface area (Å²) in [6, 6.07) is 2.62. The fourth-order valence-electron chi connectivity index (χ4n) is 12.5. The molecule has 0 aromatic carbocycles. The summed E-state index contributed by atoms with van der Waals surface area (Å²) in [5, 5.41) is 17.5. The highest BCUT2D eigenvalue weighted by Crippen LogP contribution is 2.48. The average molecular weight is 893 g/mol. The number of hydrogen-bond donors (Lipinski definition) is 6. The van der Waals surface area contributed by atoms with Gasteiger partial charge in [0.25, 0.3) is 0 Å². The van der Waals surface area contributed by atoms with Crippen molar-refractivity contribution in [3.05, 3.63) is 0 Å². The number of nitrogens with one attached hydrogen (secondary N) is 6. The summed E-state index contributed by atoms with van der Waals surface area (Å²) in [5.41, 5.74) is 15.6. The molecule has 11 atom stereocenters. The van der Waals surface area contributed by atoms with Crippen LogP contribution in [0.25, 0.3) is 0 Å². The van der Waals surface area contributed by atoms with Crippen molar-refractivity contribution in [2.45, 2.75) is 202 Å². The van der Waals surface area contributed by atoms with Crippen LogP contribution < -0.4 is 32.3 Å². The first-order valence-corrected chi connectivity index (χ1v) is 25.3. The number of fused-ring (bicyclic) bond motifs is 1. The maximum absolute atomic E-state index is 13.3. The number of nitriles is 1. The van der Waals surface area contributed by atoms with E-state index < -0.39 is 18.4 Å². The van der Waals surface area contributed by atoms with Crippen molar-refractivity contribution in [1.82, 2.24) is 42.1 Å². The molecule has 1 spiro atoms. The molecule has 3 saturated carbocycles. The minimum Gasteiger partial charge on any atom is -0.375 e. The number of hydrogen-bond acceptors (Lipinski definition) is 13. The third-order valence-corrected chi connectivity index (χ3v) is 18.0. The van der Waals surface area contributed by atoms with Crippen molar-refractivity contribution < 1.29 is 27.4 Å². The second kappa shape index (κ2) is 20.5. The molecule has 350 valence electrons. The fraction of sp³-hybridized carbons (Fsp3) is 0.933. The minimum absolute atomic E-state index is 0.0205. The van der Waals surface area contributed by atoms with E-state index in [4.69, 9.17) is 9.73 Å². The van der Waals surface area contributed by atoms with Crippen LogP contribution in [-0.4, -0.2) is 126 Å². The lowest BCUT2D eigenvalue weighted by Gasteiger charge is -2.45. The molecule has 10 unspecified atom stereocenters. The number of rotatable bonds is 11. The van der Waals surface area contributed by atoms with Crippen molar-refractivity contribution in [1.29, 1.82) is 5.26 Å². The predicted molar refractivity (Wildman–Crippen MR) is 235 cm³/mol. The molecule has 0 radical (unpaired) electrons. The number of alkyl halides is 3. The summed E-state index contributed by atoms with van der Waals surface area (Å²) >= 11 is 2.11. The largest absolute Gasteiger partial charge is 0.522 e. The van der Waals surface area contributed by atoms with Crippen molar-refractivity contribution in [2.75, 3.05) is 32.7 Å². The summed E-state index contributed by atoms with van der Waals surface area (Å²) in [7, 11) is 0. The quantitative estimate of drug-likeness (QED) is 0.145. The zero-order valence-corrected chi connectivity index (χ0v) is 38.4. The third kappa shape index (κ3) is 11.1. The first-order valence-electron chi connectivity index (χ1n) is 24.4. The van der Waals surface area contributed by atoms with E-state index in [1.54, 1.807) is 0 Å².